The van der Waals surface area contributed by atoms with Crippen LogP contribution in [0.2, 0.25) is 5.02 Å². The zero-order valence-electron chi connectivity index (χ0n) is 17.1. The summed E-state index contributed by atoms with van der Waals surface area (Å²) in [6.07, 6.45) is 3.03. The van der Waals surface area contributed by atoms with E-state index in [0.29, 0.717) is 28.9 Å². The molecule has 9 heteroatoms. The van der Waals surface area contributed by atoms with Gasteiger partial charge in [0.05, 0.1) is 18.5 Å². The molecule has 0 saturated carbocycles. The van der Waals surface area contributed by atoms with Crippen molar-refractivity contribution < 1.29 is 13.9 Å². The third-order valence-corrected chi connectivity index (χ3v) is 4.75. The zero-order valence-corrected chi connectivity index (χ0v) is 17.9. The highest BCUT2D eigenvalue weighted by Crippen LogP contribution is 2.29. The van der Waals surface area contributed by atoms with Gasteiger partial charge in [-0.05, 0) is 55.5 Å². The van der Waals surface area contributed by atoms with Gasteiger partial charge in [-0.15, -0.1) is 0 Å². The topological polar surface area (TPSA) is 115 Å². The number of aromatic nitrogens is 2. The van der Waals surface area contributed by atoms with Crippen LogP contribution in [0.15, 0.2) is 71.6 Å². The molecule has 0 aliphatic rings. The first-order valence-corrected chi connectivity index (χ1v) is 10.2. The molecule has 32 heavy (non-hydrogen) atoms. The standard InChI is InChI=1S/C23H20ClN5O3/c1-2-31-23-21(22(30)28-17-9-5-15(24)6-10-17)18(25)11-20(29-23)27-16-7-3-14(4-8-16)19-12-26-13-32-19/h3-13H,2H2,1H3,(H,28,30)(H3,25,27,29). The summed E-state index contributed by atoms with van der Waals surface area (Å²) in [5, 5.41) is 6.53. The largest absolute Gasteiger partial charge is 0.477 e. The van der Waals surface area contributed by atoms with Gasteiger partial charge < -0.3 is 25.5 Å². The Morgan fingerprint density at radius 3 is 2.50 bits per heavy atom. The molecule has 2 aromatic carbocycles. The SMILES string of the molecule is CCOc1nc(Nc2ccc(-c3cnco3)cc2)cc(N)c1C(=O)Nc1ccc(Cl)cc1. The first kappa shape index (κ1) is 21.2. The molecule has 2 heterocycles. The molecule has 0 fully saturated rings. The van der Waals surface area contributed by atoms with E-state index in [1.54, 1.807) is 43.5 Å². The van der Waals surface area contributed by atoms with E-state index in [4.69, 9.17) is 26.5 Å². The molecule has 162 valence electrons. The average molecular weight is 450 g/mol. The lowest BCUT2D eigenvalue weighted by Gasteiger charge is -2.15. The van der Waals surface area contributed by atoms with E-state index in [2.05, 4.69) is 20.6 Å². The van der Waals surface area contributed by atoms with E-state index in [-0.39, 0.29) is 17.1 Å². The summed E-state index contributed by atoms with van der Waals surface area (Å²) in [4.78, 5) is 21.2. The predicted molar refractivity (Wildman–Crippen MR) is 124 cm³/mol. The summed E-state index contributed by atoms with van der Waals surface area (Å²) in [6, 6.07) is 15.9. The Hall–Kier alpha value is -4.04. The average Bonchev–Trinajstić information content (AvgIpc) is 3.31. The molecule has 8 nitrogen and oxygen atoms in total. The number of hydrogen-bond acceptors (Lipinski definition) is 7. The van der Waals surface area contributed by atoms with Crippen molar-refractivity contribution in [2.45, 2.75) is 6.92 Å². The number of carbonyl (C=O) groups is 1. The monoisotopic (exact) mass is 449 g/mol. The van der Waals surface area contributed by atoms with Gasteiger partial charge in [0.25, 0.3) is 5.91 Å². The molecule has 0 saturated heterocycles. The minimum atomic E-state index is -0.427. The molecule has 0 spiro atoms. The van der Waals surface area contributed by atoms with Gasteiger partial charge in [0, 0.05) is 28.0 Å². The Morgan fingerprint density at radius 1 is 1.12 bits per heavy atom. The normalized spacial score (nSPS) is 10.6. The third kappa shape index (κ3) is 4.81. The fourth-order valence-electron chi connectivity index (χ4n) is 3.02. The number of oxazole rings is 1. The summed E-state index contributed by atoms with van der Waals surface area (Å²) in [6.45, 7) is 2.13. The van der Waals surface area contributed by atoms with E-state index in [9.17, 15) is 4.79 Å². The van der Waals surface area contributed by atoms with Crippen molar-refractivity contribution in [2.75, 3.05) is 23.0 Å². The van der Waals surface area contributed by atoms with Gasteiger partial charge in [-0.25, -0.2) is 4.98 Å². The van der Waals surface area contributed by atoms with Crippen molar-refractivity contribution in [3.63, 3.8) is 0 Å². The summed E-state index contributed by atoms with van der Waals surface area (Å²) in [5.74, 6) is 0.832. The van der Waals surface area contributed by atoms with Crippen molar-refractivity contribution >= 4 is 40.4 Å². The van der Waals surface area contributed by atoms with Crippen LogP contribution in [0, 0.1) is 0 Å². The highest BCUT2D eigenvalue weighted by molar-refractivity contribution is 6.30. The second kappa shape index (κ2) is 9.40. The van der Waals surface area contributed by atoms with E-state index in [1.165, 1.54) is 6.39 Å². The minimum Gasteiger partial charge on any atom is -0.477 e. The van der Waals surface area contributed by atoms with Crippen molar-refractivity contribution in [1.29, 1.82) is 0 Å². The van der Waals surface area contributed by atoms with Crippen LogP contribution in [-0.4, -0.2) is 22.5 Å². The van der Waals surface area contributed by atoms with Crippen LogP contribution < -0.4 is 21.1 Å². The molecular formula is C23H20ClN5O3. The molecule has 0 bridgehead atoms. The molecule has 4 N–H and O–H groups in total. The van der Waals surface area contributed by atoms with Crippen LogP contribution in [0.1, 0.15) is 17.3 Å². The maximum atomic E-state index is 12.9. The van der Waals surface area contributed by atoms with Gasteiger partial charge in [-0.3, -0.25) is 4.79 Å². The number of anilines is 4. The lowest BCUT2D eigenvalue weighted by Crippen LogP contribution is -2.17. The number of nitrogen functional groups attached to an aromatic ring is 1. The number of nitrogens with one attached hydrogen (secondary N) is 2. The highest BCUT2D eigenvalue weighted by atomic mass is 35.5. The number of pyridine rings is 1. The number of nitrogens with zero attached hydrogens (tertiary/aromatic N) is 2. The first-order valence-electron chi connectivity index (χ1n) is 9.79. The van der Waals surface area contributed by atoms with Crippen LogP contribution in [0.3, 0.4) is 0 Å². The Balaban J connectivity index is 1.56. The fourth-order valence-corrected chi connectivity index (χ4v) is 3.15. The van der Waals surface area contributed by atoms with Crippen LogP contribution in [0.25, 0.3) is 11.3 Å². The summed E-state index contributed by atoms with van der Waals surface area (Å²) in [7, 11) is 0. The second-order valence-corrected chi connectivity index (χ2v) is 7.18. The second-order valence-electron chi connectivity index (χ2n) is 6.74. The summed E-state index contributed by atoms with van der Waals surface area (Å²) >= 11 is 5.90. The number of rotatable bonds is 7. The number of halogens is 1. The number of carbonyl (C=O) groups excluding carboxylic acids is 1. The quantitative estimate of drug-likeness (QED) is 0.347. The van der Waals surface area contributed by atoms with Gasteiger partial charge in [-0.1, -0.05) is 11.6 Å². The zero-order chi connectivity index (χ0) is 22.5. The molecule has 0 unspecified atom stereocenters. The summed E-state index contributed by atoms with van der Waals surface area (Å²) in [5.41, 5.74) is 8.86. The fraction of sp³-hybridized carbons (Fsp3) is 0.0870. The van der Waals surface area contributed by atoms with E-state index in [0.717, 1.165) is 11.3 Å². The molecule has 4 aromatic rings. The van der Waals surface area contributed by atoms with Gasteiger partial charge in [0.1, 0.15) is 11.4 Å². The van der Waals surface area contributed by atoms with E-state index in [1.807, 2.05) is 24.3 Å². The van der Waals surface area contributed by atoms with Crippen LogP contribution in [0.4, 0.5) is 22.9 Å². The number of hydrogen-bond donors (Lipinski definition) is 3. The van der Waals surface area contributed by atoms with Crippen molar-refractivity contribution in [3.05, 3.63) is 77.8 Å². The smallest absolute Gasteiger partial charge is 0.263 e. The molecule has 0 aliphatic heterocycles. The van der Waals surface area contributed by atoms with Gasteiger partial charge in [-0.2, -0.15) is 4.98 Å². The number of benzene rings is 2. The van der Waals surface area contributed by atoms with Crippen molar-refractivity contribution in [1.82, 2.24) is 9.97 Å². The molecule has 0 aliphatic carbocycles. The van der Waals surface area contributed by atoms with Crippen LogP contribution in [0.5, 0.6) is 5.88 Å². The third-order valence-electron chi connectivity index (χ3n) is 4.50. The molecular weight excluding hydrogens is 430 g/mol. The summed E-state index contributed by atoms with van der Waals surface area (Å²) < 4.78 is 10.9. The van der Waals surface area contributed by atoms with Gasteiger partial charge in [0.15, 0.2) is 12.2 Å². The number of nitrogens with two attached hydrogens (primary N) is 1. The maximum Gasteiger partial charge on any atom is 0.263 e. The lowest BCUT2D eigenvalue weighted by molar-refractivity contribution is 0.102. The predicted octanol–water partition coefficient (Wildman–Crippen LogP) is 5.37. The first-order chi connectivity index (χ1) is 15.5. The molecule has 2 aromatic heterocycles. The highest BCUT2D eigenvalue weighted by Gasteiger charge is 2.20. The van der Waals surface area contributed by atoms with E-state index >= 15 is 0 Å². The number of amides is 1. The molecule has 0 radical (unpaired) electrons. The van der Waals surface area contributed by atoms with Gasteiger partial charge in [0.2, 0.25) is 5.88 Å². The molecule has 4 rings (SSSR count). The minimum absolute atomic E-state index is 0.139. The van der Waals surface area contributed by atoms with Gasteiger partial charge >= 0.3 is 0 Å². The molecule has 1 amide bonds. The Kier molecular flexibility index (Phi) is 6.23. The number of ether oxygens (including phenoxy) is 1. The van der Waals surface area contributed by atoms with Crippen molar-refractivity contribution in [3.8, 4) is 17.2 Å². The van der Waals surface area contributed by atoms with Crippen LogP contribution >= 0.6 is 11.6 Å². The van der Waals surface area contributed by atoms with Crippen molar-refractivity contribution in [2.24, 2.45) is 0 Å². The Bertz CT molecular complexity index is 1210. The Morgan fingerprint density at radius 2 is 1.84 bits per heavy atom. The molecule has 0 atom stereocenters. The van der Waals surface area contributed by atoms with E-state index < -0.39 is 5.91 Å². The maximum absolute atomic E-state index is 12.9. The lowest BCUT2D eigenvalue weighted by atomic mass is 10.1. The Labute approximate surface area is 189 Å². The van der Waals surface area contributed by atoms with Crippen LogP contribution in [-0.2, 0) is 0 Å².